The van der Waals surface area contributed by atoms with Crippen LogP contribution in [0.3, 0.4) is 0 Å². The number of alkyl carbamates (subject to hydrolysis) is 1. The van der Waals surface area contributed by atoms with Gasteiger partial charge in [0, 0.05) is 37.0 Å². The number of hydrogen-bond acceptors (Lipinski definition) is 8. The Morgan fingerprint density at radius 3 is 2.79 bits per heavy atom. The Labute approximate surface area is 226 Å². The van der Waals surface area contributed by atoms with Crippen LogP contribution >= 0.6 is 0 Å². The molecule has 4 aromatic rings. The van der Waals surface area contributed by atoms with Crippen LogP contribution in [0, 0.1) is 0 Å². The molecule has 0 spiro atoms. The lowest BCUT2D eigenvalue weighted by Crippen LogP contribution is -2.33. The molecule has 1 saturated carbocycles. The van der Waals surface area contributed by atoms with Gasteiger partial charge < -0.3 is 20.1 Å². The number of carbonyl (C=O) groups is 2. The van der Waals surface area contributed by atoms with Crippen LogP contribution < -0.4 is 10.6 Å². The average molecular weight is 532 g/mol. The van der Waals surface area contributed by atoms with Crippen molar-refractivity contribution in [2.75, 3.05) is 5.32 Å². The Balaban J connectivity index is 1.23. The number of anilines is 2. The molecule has 11 heteroatoms. The van der Waals surface area contributed by atoms with Crippen LogP contribution in [0.25, 0.3) is 11.0 Å². The first kappa shape index (κ1) is 26.2. The molecule has 5 rings (SSSR count). The Kier molecular flexibility index (Phi) is 7.76. The predicted octanol–water partition coefficient (Wildman–Crippen LogP) is 4.49. The number of aromatic nitrogens is 5. The van der Waals surface area contributed by atoms with Crippen molar-refractivity contribution in [1.29, 1.82) is 0 Å². The molecular weight excluding hydrogens is 498 g/mol. The lowest BCUT2D eigenvalue weighted by atomic mass is 10.0. The Hall–Kier alpha value is -4.41. The standard InChI is InChI=1S/C28H33N7O4/c1-17(2)30-28(37)39-20-10-9-19(13-20)22-14-24(33-32-22)31-21-11-12-29-26-23(34-35(3)27(21)26)15-25(36)38-16-18-7-5-4-6-8-18/h4-8,11-12,14,17,19-20H,9-10,13,15-16H2,1-3H3,(H,30,37)(H2,29,31,32,33). The third-order valence-electron chi connectivity index (χ3n) is 6.71. The third-order valence-corrected chi connectivity index (χ3v) is 6.71. The minimum Gasteiger partial charge on any atom is -0.461 e. The number of aryl methyl sites for hydroxylation is 1. The van der Waals surface area contributed by atoms with Crippen LogP contribution in [0.1, 0.15) is 56.0 Å². The molecule has 2 unspecified atom stereocenters. The van der Waals surface area contributed by atoms with E-state index in [1.54, 1.807) is 10.9 Å². The van der Waals surface area contributed by atoms with Gasteiger partial charge in [-0.25, -0.2) is 4.79 Å². The number of H-pyrrole nitrogens is 1. The molecular formula is C28H33N7O4. The number of rotatable bonds is 9. The van der Waals surface area contributed by atoms with Crippen LogP contribution in [0.2, 0.25) is 0 Å². The van der Waals surface area contributed by atoms with Crippen LogP contribution in [-0.4, -0.2) is 49.2 Å². The molecule has 1 aromatic carbocycles. The summed E-state index contributed by atoms with van der Waals surface area (Å²) >= 11 is 0. The topological polar surface area (TPSA) is 136 Å². The highest BCUT2D eigenvalue weighted by atomic mass is 16.6. The molecule has 2 atom stereocenters. The number of nitrogens with zero attached hydrogens (tertiary/aromatic N) is 4. The number of amides is 1. The van der Waals surface area contributed by atoms with E-state index in [1.807, 2.05) is 63.4 Å². The molecule has 1 amide bonds. The van der Waals surface area contributed by atoms with Gasteiger partial charge in [-0.3, -0.25) is 19.6 Å². The molecule has 3 N–H and O–H groups in total. The molecule has 11 nitrogen and oxygen atoms in total. The second-order valence-electron chi connectivity index (χ2n) is 10.1. The summed E-state index contributed by atoms with van der Waals surface area (Å²) < 4.78 is 12.7. The van der Waals surface area contributed by atoms with Gasteiger partial charge in [-0.05, 0) is 44.7 Å². The Bertz CT molecular complexity index is 1450. The number of aromatic amines is 1. The average Bonchev–Trinajstić information content (AvgIpc) is 3.63. The second-order valence-corrected chi connectivity index (χ2v) is 10.1. The second kappa shape index (κ2) is 11.5. The lowest BCUT2D eigenvalue weighted by Gasteiger charge is -2.14. The van der Waals surface area contributed by atoms with Gasteiger partial charge in [0.15, 0.2) is 5.82 Å². The lowest BCUT2D eigenvalue weighted by molar-refractivity contribution is -0.144. The van der Waals surface area contributed by atoms with E-state index in [-0.39, 0.29) is 43.2 Å². The van der Waals surface area contributed by atoms with E-state index in [0.29, 0.717) is 17.0 Å². The highest BCUT2D eigenvalue weighted by Crippen LogP contribution is 2.36. The summed E-state index contributed by atoms with van der Waals surface area (Å²) in [5.41, 5.74) is 4.64. The van der Waals surface area contributed by atoms with Gasteiger partial charge in [-0.15, -0.1) is 0 Å². The number of hydrogen-bond donors (Lipinski definition) is 3. The highest BCUT2D eigenvalue weighted by Gasteiger charge is 2.30. The summed E-state index contributed by atoms with van der Waals surface area (Å²) in [5, 5.41) is 18.2. The molecule has 3 aromatic heterocycles. The minimum absolute atomic E-state index is 0.0211. The molecule has 0 saturated heterocycles. The number of ether oxygens (including phenoxy) is 2. The number of pyridine rings is 1. The number of fused-ring (bicyclic) bond motifs is 1. The van der Waals surface area contributed by atoms with Crippen molar-refractivity contribution in [3.8, 4) is 0 Å². The first-order valence-electron chi connectivity index (χ1n) is 13.2. The molecule has 204 valence electrons. The summed E-state index contributed by atoms with van der Waals surface area (Å²) in [6.45, 7) is 4.02. The Morgan fingerprint density at radius 1 is 1.18 bits per heavy atom. The van der Waals surface area contributed by atoms with Crippen molar-refractivity contribution in [2.45, 2.75) is 64.2 Å². The van der Waals surface area contributed by atoms with E-state index in [0.717, 1.165) is 41.7 Å². The van der Waals surface area contributed by atoms with Crippen molar-refractivity contribution < 1.29 is 19.1 Å². The smallest absolute Gasteiger partial charge is 0.407 e. The minimum atomic E-state index is -0.371. The third kappa shape index (κ3) is 6.36. The van der Waals surface area contributed by atoms with E-state index in [4.69, 9.17) is 9.47 Å². The van der Waals surface area contributed by atoms with Crippen LogP contribution in [0.5, 0.6) is 0 Å². The fraction of sp³-hybridized carbons (Fsp3) is 0.393. The van der Waals surface area contributed by atoms with Crippen molar-refractivity contribution in [3.63, 3.8) is 0 Å². The molecule has 3 heterocycles. The zero-order valence-corrected chi connectivity index (χ0v) is 22.3. The van der Waals surface area contributed by atoms with E-state index in [1.165, 1.54) is 0 Å². The maximum absolute atomic E-state index is 12.5. The molecule has 0 aliphatic heterocycles. The van der Waals surface area contributed by atoms with Crippen LogP contribution in [0.15, 0.2) is 48.7 Å². The number of nitrogens with one attached hydrogen (secondary N) is 3. The van der Waals surface area contributed by atoms with E-state index in [2.05, 4.69) is 30.9 Å². The molecule has 0 radical (unpaired) electrons. The fourth-order valence-electron chi connectivity index (χ4n) is 4.92. The zero-order chi connectivity index (χ0) is 27.4. The number of esters is 1. The van der Waals surface area contributed by atoms with Crippen molar-refractivity contribution in [2.24, 2.45) is 7.05 Å². The van der Waals surface area contributed by atoms with E-state index in [9.17, 15) is 9.59 Å². The maximum Gasteiger partial charge on any atom is 0.407 e. The maximum atomic E-state index is 12.5. The summed E-state index contributed by atoms with van der Waals surface area (Å²) in [7, 11) is 1.82. The fourth-order valence-corrected chi connectivity index (χ4v) is 4.92. The molecule has 39 heavy (non-hydrogen) atoms. The van der Waals surface area contributed by atoms with Crippen molar-refractivity contribution in [3.05, 3.63) is 65.6 Å². The van der Waals surface area contributed by atoms with Gasteiger partial charge in [0.25, 0.3) is 0 Å². The van der Waals surface area contributed by atoms with Gasteiger partial charge in [0.05, 0.1) is 17.8 Å². The van der Waals surface area contributed by atoms with E-state index >= 15 is 0 Å². The summed E-state index contributed by atoms with van der Waals surface area (Å²) in [5.74, 6) is 0.522. The normalized spacial score (nSPS) is 16.9. The van der Waals surface area contributed by atoms with Gasteiger partial charge >= 0.3 is 12.1 Å². The predicted molar refractivity (Wildman–Crippen MR) is 145 cm³/mol. The highest BCUT2D eigenvalue weighted by molar-refractivity contribution is 5.92. The number of benzene rings is 1. The molecule has 1 fully saturated rings. The van der Waals surface area contributed by atoms with Crippen molar-refractivity contribution >= 4 is 34.6 Å². The summed E-state index contributed by atoms with van der Waals surface area (Å²) in [6.07, 6.45) is 3.69. The van der Waals surface area contributed by atoms with Gasteiger partial charge in [0.1, 0.15) is 23.7 Å². The van der Waals surface area contributed by atoms with E-state index < -0.39 is 0 Å². The largest absolute Gasteiger partial charge is 0.461 e. The van der Waals surface area contributed by atoms with Crippen molar-refractivity contribution in [1.82, 2.24) is 30.3 Å². The quantitative estimate of drug-likeness (QED) is 0.269. The summed E-state index contributed by atoms with van der Waals surface area (Å²) in [4.78, 5) is 28.9. The first-order chi connectivity index (χ1) is 18.9. The van der Waals surface area contributed by atoms with Crippen LogP contribution in [-0.2, 0) is 34.3 Å². The van der Waals surface area contributed by atoms with Gasteiger partial charge in [-0.1, -0.05) is 30.3 Å². The summed E-state index contributed by atoms with van der Waals surface area (Å²) in [6, 6.07) is 13.4. The number of carbonyl (C=O) groups excluding carboxylic acids is 2. The Morgan fingerprint density at radius 2 is 2.00 bits per heavy atom. The monoisotopic (exact) mass is 531 g/mol. The molecule has 1 aliphatic rings. The molecule has 1 aliphatic carbocycles. The van der Waals surface area contributed by atoms with Gasteiger partial charge in [0.2, 0.25) is 0 Å². The van der Waals surface area contributed by atoms with Crippen LogP contribution in [0.4, 0.5) is 16.3 Å². The molecule has 0 bridgehead atoms. The van der Waals surface area contributed by atoms with Gasteiger partial charge in [-0.2, -0.15) is 10.2 Å². The zero-order valence-electron chi connectivity index (χ0n) is 22.3. The SMILES string of the molecule is CC(C)NC(=O)OC1CCC(c2cc(Nc3ccnc4c(CC(=O)OCc5ccccc5)nn(C)c34)n[nH]2)C1. The first-order valence-corrected chi connectivity index (χ1v) is 13.2.